The first-order valence-electron chi connectivity index (χ1n) is 8.34. The zero-order valence-electron chi connectivity index (χ0n) is 12.9. The van der Waals surface area contributed by atoms with E-state index in [9.17, 15) is 4.79 Å². The van der Waals surface area contributed by atoms with Crippen LogP contribution in [-0.2, 0) is 11.2 Å². The average Bonchev–Trinajstić information content (AvgIpc) is 2.64. The molecule has 0 saturated heterocycles. The molecule has 1 aromatic carbocycles. The Bertz CT molecular complexity index is 500. The monoisotopic (exact) mass is 286 g/mol. The van der Waals surface area contributed by atoms with Crippen LogP contribution >= 0.6 is 0 Å². The largest absolute Gasteiger partial charge is 0.324 e. The Morgan fingerprint density at radius 1 is 1.24 bits per heavy atom. The van der Waals surface area contributed by atoms with Gasteiger partial charge in [0.2, 0.25) is 5.91 Å². The van der Waals surface area contributed by atoms with E-state index < -0.39 is 0 Å². The predicted octanol–water partition coefficient (Wildman–Crippen LogP) is 3.36. The first-order chi connectivity index (χ1) is 10.2. The molecule has 1 saturated carbocycles. The molecule has 3 atom stereocenters. The van der Waals surface area contributed by atoms with Crippen LogP contribution in [0.15, 0.2) is 24.3 Å². The topological polar surface area (TPSA) is 41.1 Å². The summed E-state index contributed by atoms with van der Waals surface area (Å²) in [5.74, 6) is 1.72. The third kappa shape index (κ3) is 3.65. The number of carbonyl (C=O) groups is 1. The number of hydrogen-bond acceptors (Lipinski definition) is 2. The summed E-state index contributed by atoms with van der Waals surface area (Å²) < 4.78 is 0. The molecule has 0 radical (unpaired) electrons. The van der Waals surface area contributed by atoms with Gasteiger partial charge in [-0.2, -0.15) is 0 Å². The van der Waals surface area contributed by atoms with Crippen molar-refractivity contribution in [2.75, 3.05) is 11.9 Å². The minimum atomic E-state index is -0.0466. The van der Waals surface area contributed by atoms with Crippen molar-refractivity contribution in [3.8, 4) is 0 Å². The zero-order valence-corrected chi connectivity index (χ0v) is 12.9. The lowest BCUT2D eigenvalue weighted by molar-refractivity contribution is -0.118. The number of fused-ring (bicyclic) bond motifs is 1. The van der Waals surface area contributed by atoms with E-state index in [1.165, 1.54) is 31.2 Å². The Hall–Kier alpha value is -1.35. The number of anilines is 1. The van der Waals surface area contributed by atoms with Crippen LogP contribution in [0.3, 0.4) is 0 Å². The molecule has 1 aliphatic carbocycles. The Morgan fingerprint density at radius 2 is 2.10 bits per heavy atom. The van der Waals surface area contributed by atoms with Gasteiger partial charge in [0.1, 0.15) is 0 Å². The van der Waals surface area contributed by atoms with Crippen molar-refractivity contribution in [3.05, 3.63) is 29.8 Å². The van der Waals surface area contributed by atoms with E-state index in [4.69, 9.17) is 0 Å². The molecular formula is C18H26N2O. The van der Waals surface area contributed by atoms with Gasteiger partial charge in [0, 0.05) is 5.69 Å². The molecule has 3 heteroatoms. The van der Waals surface area contributed by atoms with Gasteiger partial charge < -0.3 is 10.6 Å². The van der Waals surface area contributed by atoms with Crippen LogP contribution in [0, 0.1) is 11.8 Å². The van der Waals surface area contributed by atoms with Gasteiger partial charge in [-0.1, -0.05) is 38.0 Å². The Morgan fingerprint density at radius 3 is 2.95 bits per heavy atom. The van der Waals surface area contributed by atoms with Crippen molar-refractivity contribution < 1.29 is 4.79 Å². The van der Waals surface area contributed by atoms with Crippen LogP contribution in [0.4, 0.5) is 5.69 Å². The molecule has 0 bridgehead atoms. The van der Waals surface area contributed by atoms with Crippen LogP contribution in [0.25, 0.3) is 0 Å². The normalized spacial score (nSPS) is 29.4. The number of hydrogen-bond donors (Lipinski definition) is 2. The van der Waals surface area contributed by atoms with Crippen molar-refractivity contribution in [3.63, 3.8) is 0 Å². The summed E-state index contributed by atoms with van der Waals surface area (Å²) in [6.07, 6.45) is 7.19. The molecule has 3 rings (SSSR count). The second-order valence-electron chi connectivity index (χ2n) is 6.78. The third-order valence-electron chi connectivity index (χ3n) is 4.99. The van der Waals surface area contributed by atoms with E-state index in [1.54, 1.807) is 0 Å². The first kappa shape index (κ1) is 14.6. The summed E-state index contributed by atoms with van der Waals surface area (Å²) in [7, 11) is 0. The lowest BCUT2D eigenvalue weighted by Gasteiger charge is -2.28. The summed E-state index contributed by atoms with van der Waals surface area (Å²) in [6.45, 7) is 3.33. The molecule has 114 valence electrons. The minimum Gasteiger partial charge on any atom is -0.324 e. The maximum Gasteiger partial charge on any atom is 0.241 e. The first-order valence-corrected chi connectivity index (χ1v) is 8.34. The highest BCUT2D eigenvalue weighted by molar-refractivity contribution is 5.96. The number of para-hydroxylation sites is 1. The van der Waals surface area contributed by atoms with Crippen LogP contribution in [0.5, 0.6) is 0 Å². The van der Waals surface area contributed by atoms with Crippen molar-refractivity contribution >= 4 is 11.6 Å². The molecule has 2 N–H and O–H groups in total. The number of carbonyl (C=O) groups excluding carboxylic acids is 1. The van der Waals surface area contributed by atoms with Gasteiger partial charge >= 0.3 is 0 Å². The second-order valence-corrected chi connectivity index (χ2v) is 6.78. The molecule has 1 heterocycles. The van der Waals surface area contributed by atoms with Crippen LogP contribution in [0.2, 0.25) is 0 Å². The van der Waals surface area contributed by atoms with E-state index in [0.29, 0.717) is 0 Å². The smallest absolute Gasteiger partial charge is 0.241 e. The maximum absolute atomic E-state index is 12.3. The van der Waals surface area contributed by atoms with Gasteiger partial charge in [-0.05, 0) is 55.7 Å². The summed E-state index contributed by atoms with van der Waals surface area (Å²) >= 11 is 0. The van der Waals surface area contributed by atoms with E-state index in [0.717, 1.165) is 36.9 Å². The molecule has 1 fully saturated rings. The summed E-state index contributed by atoms with van der Waals surface area (Å²) in [5.41, 5.74) is 2.24. The molecule has 2 aliphatic rings. The van der Waals surface area contributed by atoms with Gasteiger partial charge in [-0.25, -0.2) is 0 Å². The summed E-state index contributed by atoms with van der Waals surface area (Å²) in [6, 6.07) is 8.09. The van der Waals surface area contributed by atoms with Crippen LogP contribution < -0.4 is 10.6 Å². The Kier molecular flexibility index (Phi) is 4.59. The standard InChI is InChI=1S/C18H26N2O/c1-13-5-4-6-14(11-13)12-19-17-10-9-15-7-2-3-8-16(15)20-18(17)21/h2-3,7-8,13-14,17,19H,4-6,9-12H2,1H3,(H,20,21). The van der Waals surface area contributed by atoms with Gasteiger partial charge in [0.05, 0.1) is 6.04 Å². The number of nitrogens with one attached hydrogen (secondary N) is 2. The van der Waals surface area contributed by atoms with Gasteiger partial charge in [-0.15, -0.1) is 0 Å². The molecular weight excluding hydrogens is 260 g/mol. The van der Waals surface area contributed by atoms with E-state index in [-0.39, 0.29) is 11.9 Å². The SMILES string of the molecule is CC1CCCC(CNC2CCc3ccccc3NC2=O)C1. The van der Waals surface area contributed by atoms with Crippen molar-refractivity contribution in [1.82, 2.24) is 5.32 Å². The van der Waals surface area contributed by atoms with Crippen molar-refractivity contribution in [1.29, 1.82) is 0 Å². The second kappa shape index (κ2) is 6.61. The van der Waals surface area contributed by atoms with Crippen molar-refractivity contribution in [2.24, 2.45) is 11.8 Å². The minimum absolute atomic E-state index is 0.0466. The number of benzene rings is 1. The Labute approximate surface area is 127 Å². The molecule has 0 aromatic heterocycles. The molecule has 1 aliphatic heterocycles. The van der Waals surface area contributed by atoms with Crippen LogP contribution in [0.1, 0.15) is 44.6 Å². The van der Waals surface area contributed by atoms with E-state index >= 15 is 0 Å². The summed E-state index contributed by atoms with van der Waals surface area (Å²) in [4.78, 5) is 12.3. The average molecular weight is 286 g/mol. The maximum atomic E-state index is 12.3. The third-order valence-corrected chi connectivity index (χ3v) is 4.99. The molecule has 1 amide bonds. The molecule has 3 unspecified atom stereocenters. The number of aryl methyl sites for hydroxylation is 1. The molecule has 3 nitrogen and oxygen atoms in total. The Balaban J connectivity index is 1.56. The fourth-order valence-electron chi connectivity index (χ4n) is 3.76. The number of rotatable bonds is 3. The molecule has 0 spiro atoms. The highest BCUT2D eigenvalue weighted by Gasteiger charge is 2.25. The lowest BCUT2D eigenvalue weighted by Crippen LogP contribution is -2.42. The van der Waals surface area contributed by atoms with Crippen LogP contribution in [-0.4, -0.2) is 18.5 Å². The van der Waals surface area contributed by atoms with E-state index in [2.05, 4.69) is 23.6 Å². The predicted molar refractivity (Wildman–Crippen MR) is 86.3 cm³/mol. The fraction of sp³-hybridized carbons (Fsp3) is 0.611. The zero-order chi connectivity index (χ0) is 14.7. The lowest BCUT2D eigenvalue weighted by atomic mass is 9.82. The molecule has 21 heavy (non-hydrogen) atoms. The van der Waals surface area contributed by atoms with Crippen molar-refractivity contribution in [2.45, 2.75) is 51.5 Å². The van der Waals surface area contributed by atoms with Gasteiger partial charge in [-0.3, -0.25) is 4.79 Å². The van der Waals surface area contributed by atoms with Gasteiger partial charge in [0.15, 0.2) is 0 Å². The molecule has 1 aromatic rings. The quantitative estimate of drug-likeness (QED) is 0.894. The highest BCUT2D eigenvalue weighted by atomic mass is 16.2. The number of amides is 1. The fourth-order valence-corrected chi connectivity index (χ4v) is 3.76. The summed E-state index contributed by atoms with van der Waals surface area (Å²) in [5, 5.41) is 6.59. The van der Waals surface area contributed by atoms with Gasteiger partial charge in [0.25, 0.3) is 0 Å². The highest BCUT2D eigenvalue weighted by Crippen LogP contribution is 2.28. The van der Waals surface area contributed by atoms with E-state index in [1.807, 2.05) is 18.2 Å².